The van der Waals surface area contributed by atoms with Crippen LogP contribution in [0.15, 0.2) is 47.4 Å². The lowest BCUT2D eigenvalue weighted by atomic mass is 10.1. The minimum Gasteiger partial charge on any atom is -0.372 e. The van der Waals surface area contributed by atoms with Crippen LogP contribution in [0.3, 0.4) is 0 Å². The van der Waals surface area contributed by atoms with Crippen LogP contribution in [0.1, 0.15) is 29.8 Å². The SMILES string of the molecule is CCN(CC)c1ccc(NC(=O)c2cccc(S(=O)(=O)N(C)C)c2)c(C)c1. The van der Waals surface area contributed by atoms with Crippen LogP contribution in [0, 0.1) is 6.92 Å². The van der Waals surface area contributed by atoms with Gasteiger partial charge in [-0.05, 0) is 62.7 Å². The maximum atomic E-state index is 12.6. The zero-order valence-corrected chi connectivity index (χ0v) is 17.3. The summed E-state index contributed by atoms with van der Waals surface area (Å²) in [5, 5.41) is 2.87. The predicted molar refractivity (Wildman–Crippen MR) is 110 cm³/mol. The number of hydrogen-bond acceptors (Lipinski definition) is 4. The monoisotopic (exact) mass is 389 g/mol. The second-order valence-corrected chi connectivity index (χ2v) is 8.59. The molecule has 6 nitrogen and oxygen atoms in total. The van der Waals surface area contributed by atoms with E-state index in [2.05, 4.69) is 24.1 Å². The number of anilines is 2. The molecule has 0 radical (unpaired) electrons. The van der Waals surface area contributed by atoms with Crippen LogP contribution in [0.2, 0.25) is 0 Å². The van der Waals surface area contributed by atoms with Crippen molar-refractivity contribution >= 4 is 27.3 Å². The van der Waals surface area contributed by atoms with Crippen LogP contribution in [0.4, 0.5) is 11.4 Å². The molecular weight excluding hydrogens is 362 g/mol. The number of benzene rings is 2. The lowest BCUT2D eigenvalue weighted by molar-refractivity contribution is 0.102. The van der Waals surface area contributed by atoms with Crippen molar-refractivity contribution in [2.24, 2.45) is 0 Å². The van der Waals surface area contributed by atoms with Crippen LogP contribution >= 0.6 is 0 Å². The highest BCUT2D eigenvalue weighted by Crippen LogP contribution is 2.23. The van der Waals surface area contributed by atoms with E-state index in [4.69, 9.17) is 0 Å². The van der Waals surface area contributed by atoms with Gasteiger partial charge < -0.3 is 10.2 Å². The molecule has 0 unspecified atom stereocenters. The molecule has 0 fully saturated rings. The highest BCUT2D eigenvalue weighted by Gasteiger charge is 2.19. The second kappa shape index (κ2) is 8.54. The van der Waals surface area contributed by atoms with Gasteiger partial charge in [0.1, 0.15) is 0 Å². The van der Waals surface area contributed by atoms with Crippen molar-refractivity contribution in [3.8, 4) is 0 Å². The van der Waals surface area contributed by atoms with E-state index in [1.54, 1.807) is 12.1 Å². The van der Waals surface area contributed by atoms with Crippen molar-refractivity contribution < 1.29 is 13.2 Å². The zero-order valence-electron chi connectivity index (χ0n) is 16.5. The second-order valence-electron chi connectivity index (χ2n) is 6.44. The summed E-state index contributed by atoms with van der Waals surface area (Å²) < 4.78 is 25.7. The first-order chi connectivity index (χ1) is 12.7. The number of nitrogens with one attached hydrogen (secondary N) is 1. The Hall–Kier alpha value is -2.38. The molecule has 0 atom stereocenters. The molecule has 27 heavy (non-hydrogen) atoms. The molecule has 2 aromatic rings. The number of hydrogen-bond donors (Lipinski definition) is 1. The maximum Gasteiger partial charge on any atom is 0.255 e. The normalized spacial score (nSPS) is 11.5. The fraction of sp³-hybridized carbons (Fsp3) is 0.350. The molecule has 2 aromatic carbocycles. The van der Waals surface area contributed by atoms with Gasteiger partial charge in [-0.2, -0.15) is 0 Å². The van der Waals surface area contributed by atoms with Crippen LogP contribution in [0.5, 0.6) is 0 Å². The van der Waals surface area contributed by atoms with Gasteiger partial charge in [-0.3, -0.25) is 4.79 Å². The van der Waals surface area contributed by atoms with E-state index in [0.717, 1.165) is 28.6 Å². The highest BCUT2D eigenvalue weighted by atomic mass is 32.2. The van der Waals surface area contributed by atoms with Gasteiger partial charge in [0.05, 0.1) is 4.90 Å². The Kier molecular flexibility index (Phi) is 6.62. The summed E-state index contributed by atoms with van der Waals surface area (Å²) in [4.78, 5) is 14.9. The maximum absolute atomic E-state index is 12.6. The zero-order chi connectivity index (χ0) is 20.2. The van der Waals surface area contributed by atoms with Gasteiger partial charge in [0, 0.05) is 44.1 Å². The van der Waals surface area contributed by atoms with E-state index in [1.165, 1.54) is 26.2 Å². The number of sulfonamides is 1. The molecular formula is C20H27N3O3S. The number of amides is 1. The first kappa shape index (κ1) is 20.9. The number of aryl methyl sites for hydroxylation is 1. The fourth-order valence-corrected chi connectivity index (χ4v) is 3.72. The highest BCUT2D eigenvalue weighted by molar-refractivity contribution is 7.89. The molecule has 0 aromatic heterocycles. The van der Waals surface area contributed by atoms with E-state index >= 15 is 0 Å². The summed E-state index contributed by atoms with van der Waals surface area (Å²) in [7, 11) is -0.665. The van der Waals surface area contributed by atoms with Crippen LogP contribution in [-0.4, -0.2) is 45.8 Å². The Morgan fingerprint density at radius 3 is 2.26 bits per heavy atom. The van der Waals surface area contributed by atoms with E-state index < -0.39 is 10.0 Å². The topological polar surface area (TPSA) is 69.7 Å². The number of carbonyl (C=O) groups is 1. The van der Waals surface area contributed by atoms with Crippen LogP contribution in [-0.2, 0) is 10.0 Å². The minimum absolute atomic E-state index is 0.0914. The molecule has 7 heteroatoms. The summed E-state index contributed by atoms with van der Waals surface area (Å²) in [5.74, 6) is -0.343. The third kappa shape index (κ3) is 4.67. The average Bonchev–Trinajstić information content (AvgIpc) is 2.64. The third-order valence-electron chi connectivity index (χ3n) is 4.46. The Labute approximate surface area is 161 Å². The fourth-order valence-electron chi connectivity index (χ4n) is 2.78. The summed E-state index contributed by atoms with van der Waals surface area (Å²) in [6, 6.07) is 11.9. The van der Waals surface area contributed by atoms with E-state index in [9.17, 15) is 13.2 Å². The molecule has 0 saturated carbocycles. The summed E-state index contributed by atoms with van der Waals surface area (Å²) in [5.41, 5.74) is 3.06. The van der Waals surface area contributed by atoms with Gasteiger partial charge in [0.2, 0.25) is 10.0 Å². The quantitative estimate of drug-likeness (QED) is 0.788. The van der Waals surface area contributed by atoms with Gasteiger partial charge in [0.25, 0.3) is 5.91 Å². The van der Waals surface area contributed by atoms with Crippen molar-refractivity contribution in [1.29, 1.82) is 0 Å². The largest absolute Gasteiger partial charge is 0.372 e. The Balaban J connectivity index is 2.26. The Morgan fingerprint density at radius 1 is 1.04 bits per heavy atom. The van der Waals surface area contributed by atoms with Gasteiger partial charge in [-0.15, -0.1) is 0 Å². The Morgan fingerprint density at radius 2 is 1.70 bits per heavy atom. The first-order valence-corrected chi connectivity index (χ1v) is 10.3. The average molecular weight is 390 g/mol. The van der Waals surface area contributed by atoms with Gasteiger partial charge in [-0.1, -0.05) is 6.07 Å². The lowest BCUT2D eigenvalue weighted by Gasteiger charge is -2.22. The molecule has 146 valence electrons. The Bertz CT molecular complexity index is 920. The van der Waals surface area contributed by atoms with Gasteiger partial charge in [-0.25, -0.2) is 12.7 Å². The van der Waals surface area contributed by atoms with E-state index in [1.807, 2.05) is 25.1 Å². The summed E-state index contributed by atoms with van der Waals surface area (Å²) in [6.45, 7) is 7.96. The van der Waals surface area contributed by atoms with Crippen LogP contribution in [0.25, 0.3) is 0 Å². The molecule has 0 saturated heterocycles. The molecule has 1 amide bonds. The molecule has 0 spiro atoms. The summed E-state index contributed by atoms with van der Waals surface area (Å²) in [6.07, 6.45) is 0. The van der Waals surface area contributed by atoms with Crippen LogP contribution < -0.4 is 10.2 Å². The van der Waals surface area contributed by atoms with Gasteiger partial charge in [0.15, 0.2) is 0 Å². The number of carbonyl (C=O) groups excluding carboxylic acids is 1. The predicted octanol–water partition coefficient (Wildman–Crippen LogP) is 3.34. The van der Waals surface area contributed by atoms with Crippen molar-refractivity contribution in [2.45, 2.75) is 25.7 Å². The molecule has 0 aliphatic heterocycles. The first-order valence-electron chi connectivity index (χ1n) is 8.90. The molecule has 0 bridgehead atoms. The van der Waals surface area contributed by atoms with Crippen molar-refractivity contribution in [2.75, 3.05) is 37.4 Å². The minimum atomic E-state index is -3.59. The van der Waals surface area contributed by atoms with E-state index in [-0.39, 0.29) is 10.8 Å². The van der Waals surface area contributed by atoms with Crippen molar-refractivity contribution in [1.82, 2.24) is 4.31 Å². The van der Waals surface area contributed by atoms with Crippen molar-refractivity contribution in [3.63, 3.8) is 0 Å². The summed E-state index contributed by atoms with van der Waals surface area (Å²) >= 11 is 0. The number of rotatable bonds is 7. The lowest BCUT2D eigenvalue weighted by Crippen LogP contribution is -2.23. The standard InChI is InChI=1S/C20H27N3O3S/c1-6-23(7-2)17-11-12-19(15(3)13-17)21-20(24)16-9-8-10-18(14-16)27(25,26)22(4)5/h8-14H,6-7H2,1-5H3,(H,21,24). The molecule has 0 aliphatic rings. The molecule has 2 rings (SSSR count). The van der Waals surface area contributed by atoms with Crippen molar-refractivity contribution in [3.05, 3.63) is 53.6 Å². The van der Waals surface area contributed by atoms with E-state index in [0.29, 0.717) is 11.3 Å². The van der Waals surface area contributed by atoms with Gasteiger partial charge >= 0.3 is 0 Å². The third-order valence-corrected chi connectivity index (χ3v) is 6.27. The molecule has 0 heterocycles. The molecule has 0 aliphatic carbocycles. The smallest absolute Gasteiger partial charge is 0.255 e. The number of nitrogens with zero attached hydrogens (tertiary/aromatic N) is 2. The molecule has 1 N–H and O–H groups in total.